The third-order valence-electron chi connectivity index (χ3n) is 2.24. The van der Waals surface area contributed by atoms with Crippen molar-refractivity contribution in [3.05, 3.63) is 40.1 Å². The molecular weight excluding hydrogens is 320 g/mol. The Bertz CT molecular complexity index is 679. The smallest absolute Gasteiger partial charge is 0.264 e. The molecule has 0 amide bonds. The van der Waals surface area contributed by atoms with Crippen molar-refractivity contribution in [2.24, 2.45) is 0 Å². The molecule has 0 aliphatic carbocycles. The second-order valence-corrected chi connectivity index (χ2v) is 6.37. The highest BCUT2D eigenvalue weighted by atomic mass is 79.9. The Hall–Kier alpha value is -1.34. The van der Waals surface area contributed by atoms with E-state index in [0.29, 0.717) is 10.2 Å². The summed E-state index contributed by atoms with van der Waals surface area (Å²) in [5.74, 6) is 0.705. The maximum atomic E-state index is 12.2. The van der Waals surface area contributed by atoms with Crippen molar-refractivity contribution < 1.29 is 12.9 Å². The monoisotopic (exact) mass is 330 g/mol. The van der Waals surface area contributed by atoms with E-state index in [9.17, 15) is 8.42 Å². The third-order valence-corrected chi connectivity index (χ3v) is 4.59. The van der Waals surface area contributed by atoms with Crippen molar-refractivity contribution >= 4 is 31.8 Å². The fourth-order valence-corrected chi connectivity index (χ4v) is 3.46. The molecule has 0 saturated carbocycles. The van der Waals surface area contributed by atoms with Crippen LogP contribution >= 0.6 is 15.9 Å². The van der Waals surface area contributed by atoms with Crippen LogP contribution in [0, 0.1) is 13.8 Å². The summed E-state index contributed by atoms with van der Waals surface area (Å²) < 4.78 is 32.0. The van der Waals surface area contributed by atoms with Crippen LogP contribution in [-0.4, -0.2) is 13.6 Å². The number of sulfonamides is 1. The first kappa shape index (κ1) is 13.1. The Morgan fingerprint density at radius 1 is 1.28 bits per heavy atom. The highest BCUT2D eigenvalue weighted by Crippen LogP contribution is 2.25. The Labute approximate surface area is 113 Å². The van der Waals surface area contributed by atoms with Gasteiger partial charge in [-0.05, 0) is 47.5 Å². The van der Waals surface area contributed by atoms with Crippen LogP contribution in [0.25, 0.3) is 0 Å². The lowest BCUT2D eigenvalue weighted by molar-refractivity contribution is 0.400. The molecule has 0 atom stereocenters. The summed E-state index contributed by atoms with van der Waals surface area (Å²) in [6.07, 6.45) is 0. The third kappa shape index (κ3) is 2.73. The van der Waals surface area contributed by atoms with Crippen LogP contribution in [0.2, 0.25) is 0 Å². The van der Waals surface area contributed by atoms with Crippen LogP contribution in [0.5, 0.6) is 0 Å². The Morgan fingerprint density at radius 3 is 2.61 bits per heavy atom. The average molecular weight is 331 g/mol. The molecule has 2 aromatic rings. The molecule has 1 N–H and O–H groups in total. The van der Waals surface area contributed by atoms with Gasteiger partial charge in [0.25, 0.3) is 10.0 Å². The van der Waals surface area contributed by atoms with E-state index in [-0.39, 0.29) is 10.7 Å². The Morgan fingerprint density at radius 2 is 2.00 bits per heavy atom. The number of nitrogens with one attached hydrogen (secondary N) is 1. The summed E-state index contributed by atoms with van der Waals surface area (Å²) in [6.45, 7) is 3.51. The zero-order valence-corrected chi connectivity index (χ0v) is 12.2. The van der Waals surface area contributed by atoms with E-state index in [2.05, 4.69) is 25.8 Å². The summed E-state index contributed by atoms with van der Waals surface area (Å²) >= 11 is 3.22. The fraction of sp³-hybridized carbons (Fsp3) is 0.182. The molecule has 1 heterocycles. The summed E-state index contributed by atoms with van der Waals surface area (Å²) in [5, 5.41) is 3.60. The lowest BCUT2D eigenvalue weighted by Crippen LogP contribution is -2.14. The zero-order chi connectivity index (χ0) is 13.3. The molecular formula is C11H11BrN2O3S. The molecule has 0 aliphatic rings. The van der Waals surface area contributed by atoms with E-state index in [1.807, 2.05) is 13.0 Å². The van der Waals surface area contributed by atoms with Gasteiger partial charge >= 0.3 is 0 Å². The van der Waals surface area contributed by atoms with E-state index < -0.39 is 10.0 Å². The number of halogens is 1. The van der Waals surface area contributed by atoms with Crippen LogP contribution in [0.4, 0.5) is 5.82 Å². The van der Waals surface area contributed by atoms with E-state index in [1.54, 1.807) is 19.1 Å². The van der Waals surface area contributed by atoms with Gasteiger partial charge in [0.15, 0.2) is 5.82 Å². The van der Waals surface area contributed by atoms with Gasteiger partial charge in [0.05, 0.1) is 0 Å². The van der Waals surface area contributed by atoms with Crippen molar-refractivity contribution in [1.29, 1.82) is 0 Å². The number of aryl methyl sites for hydroxylation is 2. The topological polar surface area (TPSA) is 72.2 Å². The quantitative estimate of drug-likeness (QED) is 0.939. The molecule has 1 aromatic heterocycles. The number of benzene rings is 1. The first-order valence-corrected chi connectivity index (χ1v) is 7.38. The van der Waals surface area contributed by atoms with Crippen LogP contribution in [-0.2, 0) is 10.0 Å². The van der Waals surface area contributed by atoms with Crippen LogP contribution < -0.4 is 4.72 Å². The Balaban J connectivity index is 2.39. The summed E-state index contributed by atoms with van der Waals surface area (Å²) in [7, 11) is -3.67. The van der Waals surface area contributed by atoms with Crippen molar-refractivity contribution in [1.82, 2.24) is 5.16 Å². The van der Waals surface area contributed by atoms with E-state index in [1.165, 1.54) is 6.07 Å². The molecule has 18 heavy (non-hydrogen) atoms. The standard InChI is InChI=1S/C11H11BrN2O3S/c1-7-3-4-9(12)10(5-7)18(15,16)14-11-6-8(2)17-13-11/h3-6H,1-2H3,(H,13,14). The predicted molar refractivity (Wildman–Crippen MR) is 70.9 cm³/mol. The maximum Gasteiger partial charge on any atom is 0.264 e. The molecule has 0 fully saturated rings. The second kappa shape index (κ2) is 4.74. The van der Waals surface area contributed by atoms with Crippen LogP contribution in [0.1, 0.15) is 11.3 Å². The van der Waals surface area contributed by atoms with Gasteiger partial charge in [-0.25, -0.2) is 8.42 Å². The van der Waals surface area contributed by atoms with Gasteiger partial charge in [0.1, 0.15) is 10.7 Å². The van der Waals surface area contributed by atoms with Crippen molar-refractivity contribution in [2.75, 3.05) is 4.72 Å². The molecule has 0 unspecified atom stereocenters. The molecule has 1 aromatic carbocycles. The van der Waals surface area contributed by atoms with Gasteiger partial charge < -0.3 is 4.52 Å². The number of rotatable bonds is 3. The summed E-state index contributed by atoms with van der Waals surface area (Å²) in [4.78, 5) is 0.170. The number of anilines is 1. The van der Waals surface area contributed by atoms with Gasteiger partial charge in [-0.15, -0.1) is 0 Å². The van der Waals surface area contributed by atoms with Gasteiger partial charge in [-0.3, -0.25) is 4.72 Å². The molecule has 0 aliphatic heterocycles. The SMILES string of the molecule is Cc1ccc(Br)c(S(=O)(=O)Nc2cc(C)on2)c1. The average Bonchev–Trinajstić information content (AvgIpc) is 2.66. The van der Waals surface area contributed by atoms with Crippen molar-refractivity contribution in [3.63, 3.8) is 0 Å². The molecule has 0 bridgehead atoms. The molecule has 0 radical (unpaired) electrons. The summed E-state index contributed by atoms with van der Waals surface area (Å²) in [5.41, 5.74) is 0.856. The minimum Gasteiger partial charge on any atom is -0.360 e. The highest BCUT2D eigenvalue weighted by Gasteiger charge is 2.19. The minimum atomic E-state index is -3.67. The fourth-order valence-electron chi connectivity index (χ4n) is 1.42. The highest BCUT2D eigenvalue weighted by molar-refractivity contribution is 9.10. The van der Waals surface area contributed by atoms with E-state index in [4.69, 9.17) is 4.52 Å². The minimum absolute atomic E-state index is 0.168. The van der Waals surface area contributed by atoms with Gasteiger partial charge in [0.2, 0.25) is 0 Å². The lowest BCUT2D eigenvalue weighted by atomic mass is 10.2. The molecule has 5 nitrogen and oxygen atoms in total. The zero-order valence-electron chi connectivity index (χ0n) is 9.77. The maximum absolute atomic E-state index is 12.2. The molecule has 0 spiro atoms. The largest absolute Gasteiger partial charge is 0.360 e. The second-order valence-electron chi connectivity index (χ2n) is 3.86. The lowest BCUT2D eigenvalue weighted by Gasteiger charge is -2.07. The van der Waals surface area contributed by atoms with Crippen molar-refractivity contribution in [2.45, 2.75) is 18.7 Å². The van der Waals surface area contributed by atoms with Gasteiger partial charge in [-0.1, -0.05) is 11.2 Å². The Kier molecular flexibility index (Phi) is 3.45. The molecule has 2 rings (SSSR count). The predicted octanol–water partition coefficient (Wildman–Crippen LogP) is 2.85. The van der Waals surface area contributed by atoms with E-state index in [0.717, 1.165) is 5.56 Å². The molecule has 0 saturated heterocycles. The number of hydrogen-bond acceptors (Lipinski definition) is 4. The normalized spacial score (nSPS) is 11.5. The summed E-state index contributed by atoms with van der Waals surface area (Å²) in [6, 6.07) is 6.61. The van der Waals surface area contributed by atoms with Crippen LogP contribution in [0.3, 0.4) is 0 Å². The van der Waals surface area contributed by atoms with Crippen molar-refractivity contribution in [3.8, 4) is 0 Å². The molecule has 96 valence electrons. The number of nitrogens with zero attached hydrogens (tertiary/aromatic N) is 1. The first-order chi connectivity index (χ1) is 8.38. The van der Waals surface area contributed by atoms with E-state index >= 15 is 0 Å². The molecule has 7 heteroatoms. The number of aromatic nitrogens is 1. The van der Waals surface area contributed by atoms with Gasteiger partial charge in [-0.2, -0.15) is 0 Å². The van der Waals surface area contributed by atoms with Gasteiger partial charge in [0, 0.05) is 10.5 Å². The van der Waals surface area contributed by atoms with Crippen LogP contribution in [0.15, 0.2) is 38.2 Å². The number of hydrogen-bond donors (Lipinski definition) is 1. The first-order valence-electron chi connectivity index (χ1n) is 5.11.